The van der Waals surface area contributed by atoms with Gasteiger partial charge in [0, 0.05) is 28.4 Å². The molecule has 29 heavy (non-hydrogen) atoms. The fourth-order valence-corrected chi connectivity index (χ4v) is 4.05. The molecular formula is C22H16Cl2N4S. The van der Waals surface area contributed by atoms with E-state index in [9.17, 15) is 0 Å². The van der Waals surface area contributed by atoms with E-state index in [2.05, 4.69) is 22.2 Å². The van der Waals surface area contributed by atoms with Gasteiger partial charge in [0.15, 0.2) is 0 Å². The number of hydrogen-bond donors (Lipinski definition) is 0. The van der Waals surface area contributed by atoms with Crippen LogP contribution in [0, 0.1) is 0 Å². The summed E-state index contributed by atoms with van der Waals surface area (Å²) in [6.07, 6.45) is 5.25. The van der Waals surface area contributed by atoms with Gasteiger partial charge in [0.1, 0.15) is 0 Å². The lowest BCUT2D eigenvalue weighted by Gasteiger charge is -2.06. The van der Waals surface area contributed by atoms with Crippen LogP contribution in [0.25, 0.3) is 11.3 Å². The van der Waals surface area contributed by atoms with Crippen LogP contribution in [0.2, 0.25) is 10.0 Å². The Labute approximate surface area is 182 Å². The minimum absolute atomic E-state index is 0.567. The van der Waals surface area contributed by atoms with E-state index in [0.717, 1.165) is 27.2 Å². The molecule has 0 N–H and O–H groups in total. The second-order valence-electron chi connectivity index (χ2n) is 6.17. The summed E-state index contributed by atoms with van der Waals surface area (Å²) in [5.41, 5.74) is 3.78. The van der Waals surface area contributed by atoms with E-state index in [1.165, 1.54) is 11.3 Å². The number of hydrogen-bond acceptors (Lipinski definition) is 4. The highest BCUT2D eigenvalue weighted by Gasteiger charge is 2.11. The Morgan fingerprint density at radius 1 is 1.00 bits per heavy atom. The molecule has 0 bridgehead atoms. The van der Waals surface area contributed by atoms with Crippen molar-refractivity contribution in [3.8, 4) is 11.3 Å². The van der Waals surface area contributed by atoms with Crippen molar-refractivity contribution < 1.29 is 0 Å². The number of halogens is 2. The summed E-state index contributed by atoms with van der Waals surface area (Å²) >= 11 is 14.0. The molecule has 0 radical (unpaired) electrons. The molecule has 4 aromatic rings. The molecule has 0 saturated heterocycles. The molecule has 0 aliphatic heterocycles. The third-order valence-electron chi connectivity index (χ3n) is 4.16. The maximum absolute atomic E-state index is 6.45. The van der Waals surface area contributed by atoms with Crippen molar-refractivity contribution in [2.75, 3.05) is 0 Å². The van der Waals surface area contributed by atoms with Crippen LogP contribution in [0.5, 0.6) is 0 Å². The van der Waals surface area contributed by atoms with Gasteiger partial charge in [-0.3, -0.25) is 9.98 Å². The van der Waals surface area contributed by atoms with E-state index >= 15 is 0 Å². The number of pyridine rings is 1. The second kappa shape index (κ2) is 9.18. The number of thiazole rings is 1. The number of rotatable bonds is 5. The van der Waals surface area contributed by atoms with Crippen molar-refractivity contribution >= 4 is 40.8 Å². The van der Waals surface area contributed by atoms with Gasteiger partial charge in [0.25, 0.3) is 0 Å². The van der Waals surface area contributed by atoms with Gasteiger partial charge in [-0.15, -0.1) is 11.3 Å². The third kappa shape index (κ3) is 4.82. The average molecular weight is 439 g/mol. The molecular weight excluding hydrogens is 423 g/mol. The van der Waals surface area contributed by atoms with Gasteiger partial charge >= 0.3 is 0 Å². The molecule has 7 heteroatoms. The minimum atomic E-state index is 0.567. The lowest BCUT2D eigenvalue weighted by Crippen LogP contribution is -2.12. The van der Waals surface area contributed by atoms with Crippen molar-refractivity contribution in [3.05, 3.63) is 104 Å². The quantitative estimate of drug-likeness (QED) is 0.357. The lowest BCUT2D eigenvalue weighted by molar-refractivity contribution is 0.824. The van der Waals surface area contributed by atoms with E-state index < -0.39 is 0 Å². The van der Waals surface area contributed by atoms with Crippen LogP contribution in [0.1, 0.15) is 11.1 Å². The summed E-state index contributed by atoms with van der Waals surface area (Å²) in [7, 11) is 0. The average Bonchev–Trinajstić information content (AvgIpc) is 3.15. The van der Waals surface area contributed by atoms with Crippen LogP contribution in [-0.2, 0) is 6.54 Å². The van der Waals surface area contributed by atoms with Gasteiger partial charge in [0.2, 0.25) is 4.80 Å². The highest BCUT2D eigenvalue weighted by Crippen LogP contribution is 2.30. The van der Waals surface area contributed by atoms with Crippen LogP contribution in [0.4, 0.5) is 0 Å². The minimum Gasteiger partial charge on any atom is -0.265 e. The van der Waals surface area contributed by atoms with Crippen molar-refractivity contribution in [1.29, 1.82) is 0 Å². The van der Waals surface area contributed by atoms with Crippen molar-refractivity contribution in [1.82, 2.24) is 9.66 Å². The van der Waals surface area contributed by atoms with Crippen molar-refractivity contribution in [2.45, 2.75) is 6.54 Å². The van der Waals surface area contributed by atoms with Crippen molar-refractivity contribution in [3.63, 3.8) is 0 Å². The largest absolute Gasteiger partial charge is 0.265 e. The van der Waals surface area contributed by atoms with Gasteiger partial charge in [0.05, 0.1) is 23.5 Å². The SMILES string of the molecule is Clc1ccc(-c2csc(=NCc3ccccc3)n2N=Cc2ccncc2)c(Cl)c1. The van der Waals surface area contributed by atoms with Crippen LogP contribution in [-0.4, -0.2) is 15.9 Å². The fourth-order valence-electron chi connectivity index (χ4n) is 2.72. The summed E-state index contributed by atoms with van der Waals surface area (Å²) in [6.45, 7) is 0.569. The maximum atomic E-state index is 6.45. The van der Waals surface area contributed by atoms with Crippen LogP contribution >= 0.6 is 34.5 Å². The Bertz CT molecular complexity index is 1200. The van der Waals surface area contributed by atoms with Crippen molar-refractivity contribution in [2.24, 2.45) is 10.1 Å². The first-order valence-corrected chi connectivity index (χ1v) is 10.5. The molecule has 0 spiro atoms. The predicted octanol–water partition coefficient (Wildman–Crippen LogP) is 5.90. The van der Waals surface area contributed by atoms with Gasteiger partial charge in [-0.2, -0.15) is 5.10 Å². The number of nitrogens with zero attached hydrogens (tertiary/aromatic N) is 4. The summed E-state index contributed by atoms with van der Waals surface area (Å²) in [5.74, 6) is 0. The monoisotopic (exact) mass is 438 g/mol. The highest BCUT2D eigenvalue weighted by molar-refractivity contribution is 7.07. The van der Waals surface area contributed by atoms with E-state index in [1.54, 1.807) is 24.7 Å². The second-order valence-corrected chi connectivity index (χ2v) is 7.85. The van der Waals surface area contributed by atoms with E-state index in [-0.39, 0.29) is 0 Å². The van der Waals surface area contributed by atoms with Crippen LogP contribution in [0.15, 0.2) is 88.5 Å². The molecule has 0 aliphatic carbocycles. The molecule has 0 atom stereocenters. The van der Waals surface area contributed by atoms with Gasteiger partial charge in [-0.1, -0.05) is 53.5 Å². The third-order valence-corrected chi connectivity index (χ3v) is 5.56. The fraction of sp³-hybridized carbons (Fsp3) is 0.0455. The zero-order chi connectivity index (χ0) is 20.1. The van der Waals surface area contributed by atoms with E-state index in [1.807, 2.05) is 52.5 Å². The first-order chi connectivity index (χ1) is 14.2. The Hall–Kier alpha value is -2.73. The summed E-state index contributed by atoms with van der Waals surface area (Å²) in [5, 5.41) is 7.84. The van der Waals surface area contributed by atoms with Gasteiger partial charge < -0.3 is 0 Å². The molecule has 0 saturated carbocycles. The maximum Gasteiger partial charge on any atom is 0.206 e. The topological polar surface area (TPSA) is 42.5 Å². The van der Waals surface area contributed by atoms with E-state index in [4.69, 9.17) is 28.2 Å². The smallest absolute Gasteiger partial charge is 0.206 e. The Morgan fingerprint density at radius 2 is 1.79 bits per heavy atom. The first kappa shape index (κ1) is 19.6. The molecule has 2 heterocycles. The molecule has 0 unspecified atom stereocenters. The molecule has 0 fully saturated rings. The lowest BCUT2D eigenvalue weighted by atomic mass is 10.2. The Balaban J connectivity index is 1.79. The molecule has 2 aromatic heterocycles. The Morgan fingerprint density at radius 3 is 2.55 bits per heavy atom. The van der Waals surface area contributed by atoms with Crippen LogP contribution < -0.4 is 4.80 Å². The summed E-state index contributed by atoms with van der Waals surface area (Å²) in [4.78, 5) is 9.59. The zero-order valence-electron chi connectivity index (χ0n) is 15.2. The number of aromatic nitrogens is 2. The molecule has 144 valence electrons. The Kier molecular flexibility index (Phi) is 6.20. The van der Waals surface area contributed by atoms with Gasteiger partial charge in [-0.25, -0.2) is 4.68 Å². The zero-order valence-corrected chi connectivity index (χ0v) is 17.6. The predicted molar refractivity (Wildman–Crippen MR) is 121 cm³/mol. The molecule has 4 rings (SSSR count). The summed E-state index contributed by atoms with van der Waals surface area (Å²) in [6, 6.07) is 19.4. The number of benzene rings is 2. The normalized spacial score (nSPS) is 12.0. The molecule has 0 aliphatic rings. The van der Waals surface area contributed by atoms with Gasteiger partial charge in [-0.05, 0) is 41.5 Å². The summed E-state index contributed by atoms with van der Waals surface area (Å²) < 4.78 is 1.81. The highest BCUT2D eigenvalue weighted by atomic mass is 35.5. The first-order valence-electron chi connectivity index (χ1n) is 8.85. The van der Waals surface area contributed by atoms with E-state index in [0.29, 0.717) is 16.6 Å². The molecule has 4 nitrogen and oxygen atoms in total. The molecule has 2 aromatic carbocycles. The molecule has 0 amide bonds. The van der Waals surface area contributed by atoms with Crippen LogP contribution in [0.3, 0.4) is 0 Å². The standard InChI is InChI=1S/C22H16Cl2N4S/c23-18-6-7-19(20(24)12-18)21-15-29-22(26-13-16-4-2-1-3-5-16)28(21)27-14-17-8-10-25-11-9-17/h1-12,14-15H,13H2.